The summed E-state index contributed by atoms with van der Waals surface area (Å²) in [5.41, 5.74) is 0. The fourth-order valence-corrected chi connectivity index (χ4v) is 4.69. The van der Waals surface area contributed by atoms with Crippen LogP contribution in [-0.2, 0) is 4.79 Å². The van der Waals surface area contributed by atoms with Crippen molar-refractivity contribution >= 4 is 5.91 Å². The van der Waals surface area contributed by atoms with E-state index in [2.05, 4.69) is 21.6 Å². The Labute approximate surface area is 142 Å². The van der Waals surface area contributed by atoms with Gasteiger partial charge in [-0.2, -0.15) is 0 Å². The average molecular weight is 322 g/mol. The first-order valence-electron chi connectivity index (χ1n) is 10.0. The summed E-state index contributed by atoms with van der Waals surface area (Å²) in [6.07, 6.45) is 11.5. The molecule has 0 aliphatic carbocycles. The first kappa shape index (κ1) is 17.2. The first-order chi connectivity index (χ1) is 11.3. The summed E-state index contributed by atoms with van der Waals surface area (Å²) in [5.74, 6) is 0.421. The van der Waals surface area contributed by atoms with Gasteiger partial charge in [0.25, 0.3) is 0 Å². The molecular formula is C19H35N3O. The van der Waals surface area contributed by atoms with Crippen LogP contribution in [0.4, 0.5) is 0 Å². The van der Waals surface area contributed by atoms with Gasteiger partial charge in [0.1, 0.15) is 6.04 Å². The topological polar surface area (TPSA) is 26.8 Å². The average Bonchev–Trinajstić information content (AvgIpc) is 2.64. The van der Waals surface area contributed by atoms with Crippen molar-refractivity contribution in [3.63, 3.8) is 0 Å². The Morgan fingerprint density at radius 3 is 1.61 bits per heavy atom. The second-order valence-electron chi connectivity index (χ2n) is 7.76. The third-order valence-corrected chi connectivity index (χ3v) is 6.13. The van der Waals surface area contributed by atoms with E-state index in [4.69, 9.17) is 0 Å². The van der Waals surface area contributed by atoms with E-state index in [0.29, 0.717) is 11.9 Å². The van der Waals surface area contributed by atoms with Crippen LogP contribution in [0.5, 0.6) is 0 Å². The fourth-order valence-electron chi connectivity index (χ4n) is 4.69. The van der Waals surface area contributed by atoms with Gasteiger partial charge in [0, 0.05) is 19.1 Å². The number of carbonyl (C=O) groups excluding carboxylic acids is 1. The van der Waals surface area contributed by atoms with Gasteiger partial charge in [-0.25, -0.2) is 0 Å². The lowest BCUT2D eigenvalue weighted by Gasteiger charge is -2.44. The van der Waals surface area contributed by atoms with Gasteiger partial charge < -0.3 is 4.90 Å². The number of likely N-dealkylation sites (tertiary alicyclic amines) is 3. The van der Waals surface area contributed by atoms with E-state index >= 15 is 0 Å². The number of carbonyl (C=O) groups is 1. The number of nitrogens with zero attached hydrogens (tertiary/aromatic N) is 3. The molecule has 3 fully saturated rings. The van der Waals surface area contributed by atoms with Crippen LogP contribution >= 0.6 is 0 Å². The highest BCUT2D eigenvalue weighted by Gasteiger charge is 2.37. The SMILES string of the molecule is C[C@H]([C@H](C(=O)N1CCCCC1)N1CCCCC1)N1CCCCC1. The van der Waals surface area contributed by atoms with E-state index in [1.165, 1.54) is 70.9 Å². The summed E-state index contributed by atoms with van der Waals surface area (Å²) in [4.78, 5) is 20.6. The van der Waals surface area contributed by atoms with Crippen LogP contribution in [0.15, 0.2) is 0 Å². The summed E-state index contributed by atoms with van der Waals surface area (Å²) in [6, 6.07) is 0.453. The van der Waals surface area contributed by atoms with E-state index in [1.54, 1.807) is 0 Å². The molecule has 3 aliphatic rings. The lowest BCUT2D eigenvalue weighted by Crippen LogP contribution is -2.60. The number of rotatable bonds is 4. The Morgan fingerprint density at radius 1 is 0.652 bits per heavy atom. The highest BCUT2D eigenvalue weighted by Crippen LogP contribution is 2.23. The van der Waals surface area contributed by atoms with Gasteiger partial charge in [0.05, 0.1) is 0 Å². The normalized spacial score (nSPS) is 27.6. The minimum absolute atomic E-state index is 0.0894. The first-order valence-corrected chi connectivity index (χ1v) is 10.0. The van der Waals surface area contributed by atoms with Crippen molar-refractivity contribution in [2.45, 2.75) is 76.8 Å². The minimum atomic E-state index is 0.0894. The molecule has 0 unspecified atom stereocenters. The smallest absolute Gasteiger partial charge is 0.241 e. The van der Waals surface area contributed by atoms with Gasteiger partial charge in [-0.15, -0.1) is 0 Å². The van der Waals surface area contributed by atoms with Crippen molar-refractivity contribution in [2.24, 2.45) is 0 Å². The second-order valence-corrected chi connectivity index (χ2v) is 7.76. The van der Waals surface area contributed by atoms with E-state index in [1.807, 2.05) is 0 Å². The number of piperidine rings is 3. The molecular weight excluding hydrogens is 286 g/mol. The van der Waals surface area contributed by atoms with Crippen molar-refractivity contribution in [3.8, 4) is 0 Å². The van der Waals surface area contributed by atoms with Crippen LogP contribution in [0, 0.1) is 0 Å². The number of hydrogen-bond donors (Lipinski definition) is 0. The quantitative estimate of drug-likeness (QED) is 0.796. The van der Waals surface area contributed by atoms with Crippen molar-refractivity contribution < 1.29 is 4.79 Å². The Kier molecular flexibility index (Phi) is 6.35. The summed E-state index contributed by atoms with van der Waals surface area (Å²) < 4.78 is 0. The predicted molar refractivity (Wildman–Crippen MR) is 94.5 cm³/mol. The van der Waals surface area contributed by atoms with Crippen LogP contribution in [0.25, 0.3) is 0 Å². The van der Waals surface area contributed by atoms with Gasteiger partial charge in [0.2, 0.25) is 5.91 Å². The van der Waals surface area contributed by atoms with E-state index < -0.39 is 0 Å². The molecule has 0 radical (unpaired) electrons. The number of amides is 1. The molecule has 0 aromatic rings. The molecule has 3 heterocycles. The van der Waals surface area contributed by atoms with Crippen LogP contribution in [0.1, 0.15) is 64.7 Å². The molecule has 0 spiro atoms. The molecule has 132 valence electrons. The zero-order chi connectivity index (χ0) is 16.1. The van der Waals surface area contributed by atoms with Gasteiger partial charge in [0.15, 0.2) is 0 Å². The highest BCUT2D eigenvalue weighted by molar-refractivity contribution is 5.82. The lowest BCUT2D eigenvalue weighted by molar-refractivity contribution is -0.141. The van der Waals surface area contributed by atoms with Crippen molar-refractivity contribution in [2.75, 3.05) is 39.3 Å². The largest absolute Gasteiger partial charge is 0.341 e. The van der Waals surface area contributed by atoms with Crippen LogP contribution in [0.3, 0.4) is 0 Å². The number of hydrogen-bond acceptors (Lipinski definition) is 3. The van der Waals surface area contributed by atoms with Crippen molar-refractivity contribution in [3.05, 3.63) is 0 Å². The summed E-state index contributed by atoms with van der Waals surface area (Å²) in [6.45, 7) is 8.86. The lowest BCUT2D eigenvalue weighted by atomic mass is 9.97. The maximum atomic E-state index is 13.3. The van der Waals surface area contributed by atoms with Crippen molar-refractivity contribution in [1.29, 1.82) is 0 Å². The predicted octanol–water partition coefficient (Wildman–Crippen LogP) is 2.73. The van der Waals surface area contributed by atoms with Crippen LogP contribution in [0.2, 0.25) is 0 Å². The van der Waals surface area contributed by atoms with E-state index in [-0.39, 0.29) is 6.04 Å². The van der Waals surface area contributed by atoms with Crippen LogP contribution < -0.4 is 0 Å². The van der Waals surface area contributed by atoms with Crippen LogP contribution in [-0.4, -0.2) is 72.0 Å². The molecule has 3 saturated heterocycles. The molecule has 0 bridgehead atoms. The zero-order valence-electron chi connectivity index (χ0n) is 15.0. The summed E-state index contributed by atoms with van der Waals surface area (Å²) in [7, 11) is 0. The molecule has 4 heteroatoms. The molecule has 0 N–H and O–H groups in total. The Morgan fingerprint density at radius 2 is 1.09 bits per heavy atom. The standard InChI is InChI=1S/C19H35N3O/c1-17(20-11-5-2-6-12-20)18(21-13-7-3-8-14-21)19(23)22-15-9-4-10-16-22/h17-18H,2-16H2,1H3/t17-,18-/m1/s1. The van der Waals surface area contributed by atoms with Gasteiger partial charge in [-0.05, 0) is 78.0 Å². The molecule has 3 rings (SSSR count). The zero-order valence-corrected chi connectivity index (χ0v) is 15.0. The van der Waals surface area contributed by atoms with Crippen molar-refractivity contribution in [1.82, 2.24) is 14.7 Å². The third kappa shape index (κ3) is 4.27. The van der Waals surface area contributed by atoms with Gasteiger partial charge in [-0.1, -0.05) is 12.8 Å². The maximum Gasteiger partial charge on any atom is 0.241 e. The monoisotopic (exact) mass is 321 g/mol. The Hall–Kier alpha value is -0.610. The molecule has 2 atom stereocenters. The maximum absolute atomic E-state index is 13.3. The molecule has 0 saturated carbocycles. The van der Waals surface area contributed by atoms with Gasteiger partial charge in [-0.3, -0.25) is 14.6 Å². The molecule has 0 aromatic heterocycles. The Bertz CT molecular complexity index is 369. The molecule has 3 aliphatic heterocycles. The Balaban J connectivity index is 1.72. The molecule has 23 heavy (non-hydrogen) atoms. The van der Waals surface area contributed by atoms with Gasteiger partial charge >= 0.3 is 0 Å². The molecule has 4 nitrogen and oxygen atoms in total. The molecule has 1 amide bonds. The summed E-state index contributed by atoms with van der Waals surface area (Å²) in [5, 5.41) is 0. The summed E-state index contributed by atoms with van der Waals surface area (Å²) >= 11 is 0. The second kappa shape index (κ2) is 8.48. The third-order valence-electron chi connectivity index (χ3n) is 6.13. The van der Waals surface area contributed by atoms with E-state index in [9.17, 15) is 4.79 Å². The molecule has 0 aromatic carbocycles. The minimum Gasteiger partial charge on any atom is -0.341 e. The highest BCUT2D eigenvalue weighted by atomic mass is 16.2. The van der Waals surface area contributed by atoms with E-state index in [0.717, 1.165) is 26.2 Å². The fraction of sp³-hybridized carbons (Fsp3) is 0.947.